The van der Waals surface area contributed by atoms with Gasteiger partial charge in [-0.2, -0.15) is 0 Å². The summed E-state index contributed by atoms with van der Waals surface area (Å²) >= 11 is 0. The van der Waals surface area contributed by atoms with Crippen LogP contribution in [0.3, 0.4) is 0 Å². The van der Waals surface area contributed by atoms with Gasteiger partial charge in [0.1, 0.15) is 0 Å². The Balaban J connectivity index is 0.00000144. The Bertz CT molecular complexity index is 367. The number of hydrogen-bond donors (Lipinski definition) is 1. The molecule has 1 aliphatic heterocycles. The van der Waals surface area contributed by atoms with Gasteiger partial charge in [-0.15, -0.1) is 12.4 Å². The Labute approximate surface area is 109 Å². The Morgan fingerprint density at radius 2 is 1.94 bits per heavy atom. The predicted octanol–water partition coefficient (Wildman–Crippen LogP) is 2.07. The minimum Gasteiger partial charge on any atom is -0.310 e. The van der Waals surface area contributed by atoms with Gasteiger partial charge in [-0.3, -0.25) is 4.79 Å². The van der Waals surface area contributed by atoms with Crippen molar-refractivity contribution < 1.29 is 4.79 Å². The highest BCUT2D eigenvalue weighted by molar-refractivity contribution is 5.98. The minimum atomic E-state index is -0.0473. The lowest BCUT2D eigenvalue weighted by molar-refractivity contribution is -0.122. The summed E-state index contributed by atoms with van der Waals surface area (Å²) in [6, 6.07) is 9.83. The number of nitrogens with zero attached hydrogens (tertiary/aromatic N) is 1. The second-order valence-electron chi connectivity index (χ2n) is 4.50. The second-order valence-corrected chi connectivity index (χ2v) is 4.50. The van der Waals surface area contributed by atoms with E-state index in [0.717, 1.165) is 18.8 Å². The summed E-state index contributed by atoms with van der Waals surface area (Å²) in [5.41, 5.74) is 1.000. The highest BCUT2D eigenvalue weighted by Crippen LogP contribution is 2.18. The lowest BCUT2D eigenvalue weighted by Crippen LogP contribution is -2.57. The fourth-order valence-electron chi connectivity index (χ4n) is 2.08. The molecule has 1 aliphatic rings. The molecule has 1 N–H and O–H groups in total. The van der Waals surface area contributed by atoms with E-state index in [-0.39, 0.29) is 24.4 Å². The van der Waals surface area contributed by atoms with Gasteiger partial charge in [0.05, 0.1) is 6.04 Å². The molecule has 0 aliphatic carbocycles. The molecule has 1 atom stereocenters. The zero-order valence-electron chi connectivity index (χ0n) is 10.2. The first-order valence-electron chi connectivity index (χ1n) is 5.80. The molecule has 0 saturated carbocycles. The van der Waals surface area contributed by atoms with E-state index in [1.165, 1.54) is 0 Å². The van der Waals surface area contributed by atoms with Crippen LogP contribution in [0.4, 0.5) is 5.69 Å². The standard InChI is InChI=1S/C13H18N2O.ClH/c1-10(2)12-13(16)15(9-8-14-12)11-6-4-3-5-7-11;/h3-7,10,12,14H,8-9H2,1-2H3;1H. The molecular weight excluding hydrogens is 236 g/mol. The molecule has 0 spiro atoms. The number of nitrogens with one attached hydrogen (secondary N) is 1. The van der Waals surface area contributed by atoms with E-state index >= 15 is 0 Å². The number of anilines is 1. The Kier molecular flexibility index (Phi) is 4.97. The highest BCUT2D eigenvalue weighted by atomic mass is 35.5. The summed E-state index contributed by atoms with van der Waals surface area (Å²) in [7, 11) is 0. The van der Waals surface area contributed by atoms with Gasteiger partial charge in [-0.25, -0.2) is 0 Å². The summed E-state index contributed by atoms with van der Waals surface area (Å²) in [4.78, 5) is 14.1. The second kappa shape index (κ2) is 6.03. The average molecular weight is 255 g/mol. The zero-order chi connectivity index (χ0) is 11.5. The van der Waals surface area contributed by atoms with Crippen molar-refractivity contribution in [3.8, 4) is 0 Å². The fraction of sp³-hybridized carbons (Fsp3) is 0.462. The van der Waals surface area contributed by atoms with E-state index in [0.29, 0.717) is 5.92 Å². The molecule has 2 rings (SSSR count). The third-order valence-electron chi connectivity index (χ3n) is 2.97. The van der Waals surface area contributed by atoms with Crippen LogP contribution in [0.2, 0.25) is 0 Å². The molecule has 1 unspecified atom stereocenters. The number of carbonyl (C=O) groups excluding carboxylic acids is 1. The monoisotopic (exact) mass is 254 g/mol. The minimum absolute atomic E-state index is 0. The van der Waals surface area contributed by atoms with Gasteiger partial charge in [0.2, 0.25) is 5.91 Å². The van der Waals surface area contributed by atoms with E-state index in [9.17, 15) is 4.79 Å². The fourth-order valence-corrected chi connectivity index (χ4v) is 2.08. The molecule has 1 heterocycles. The van der Waals surface area contributed by atoms with Gasteiger partial charge in [-0.05, 0) is 18.1 Å². The molecule has 4 heteroatoms. The maximum Gasteiger partial charge on any atom is 0.244 e. The van der Waals surface area contributed by atoms with Crippen LogP contribution in [-0.4, -0.2) is 25.0 Å². The van der Waals surface area contributed by atoms with E-state index < -0.39 is 0 Å². The van der Waals surface area contributed by atoms with E-state index in [1.54, 1.807) is 0 Å². The number of para-hydroxylation sites is 1. The summed E-state index contributed by atoms with van der Waals surface area (Å²) in [6.45, 7) is 5.77. The van der Waals surface area contributed by atoms with Crippen molar-refractivity contribution in [3.63, 3.8) is 0 Å². The van der Waals surface area contributed by atoms with Crippen LogP contribution in [0, 0.1) is 5.92 Å². The number of carbonyl (C=O) groups is 1. The third-order valence-corrected chi connectivity index (χ3v) is 2.97. The first-order valence-corrected chi connectivity index (χ1v) is 5.80. The van der Waals surface area contributed by atoms with E-state index in [1.807, 2.05) is 35.2 Å². The van der Waals surface area contributed by atoms with Gasteiger partial charge < -0.3 is 10.2 Å². The lowest BCUT2D eigenvalue weighted by Gasteiger charge is -2.35. The topological polar surface area (TPSA) is 32.3 Å². The zero-order valence-corrected chi connectivity index (χ0v) is 11.0. The number of benzene rings is 1. The molecule has 17 heavy (non-hydrogen) atoms. The van der Waals surface area contributed by atoms with Crippen molar-refractivity contribution in [1.29, 1.82) is 0 Å². The van der Waals surface area contributed by atoms with Crippen molar-refractivity contribution in [1.82, 2.24) is 5.32 Å². The van der Waals surface area contributed by atoms with Gasteiger partial charge >= 0.3 is 0 Å². The average Bonchev–Trinajstić information content (AvgIpc) is 2.30. The van der Waals surface area contributed by atoms with E-state index in [4.69, 9.17) is 0 Å². The molecule has 0 aromatic heterocycles. The largest absolute Gasteiger partial charge is 0.310 e. The van der Waals surface area contributed by atoms with Crippen molar-refractivity contribution in [2.75, 3.05) is 18.0 Å². The highest BCUT2D eigenvalue weighted by Gasteiger charge is 2.30. The van der Waals surface area contributed by atoms with Crippen LogP contribution in [0.5, 0.6) is 0 Å². The Morgan fingerprint density at radius 3 is 2.53 bits per heavy atom. The molecule has 1 amide bonds. The summed E-state index contributed by atoms with van der Waals surface area (Å²) in [5.74, 6) is 0.520. The van der Waals surface area contributed by atoms with Crippen molar-refractivity contribution in [3.05, 3.63) is 30.3 Å². The quantitative estimate of drug-likeness (QED) is 0.876. The Hall–Kier alpha value is -1.06. The third kappa shape index (κ3) is 2.99. The molecular formula is C13H19ClN2O. The van der Waals surface area contributed by atoms with Crippen LogP contribution in [0.1, 0.15) is 13.8 Å². The summed E-state index contributed by atoms with van der Waals surface area (Å²) in [6.07, 6.45) is 0. The van der Waals surface area contributed by atoms with Gasteiger partial charge in [0.25, 0.3) is 0 Å². The van der Waals surface area contributed by atoms with Crippen LogP contribution < -0.4 is 10.2 Å². The molecule has 0 bridgehead atoms. The van der Waals surface area contributed by atoms with Crippen LogP contribution in [0.25, 0.3) is 0 Å². The smallest absolute Gasteiger partial charge is 0.244 e. The number of piperazine rings is 1. The first kappa shape index (κ1) is 14.0. The molecule has 1 aromatic carbocycles. The van der Waals surface area contributed by atoms with Crippen LogP contribution >= 0.6 is 12.4 Å². The molecule has 94 valence electrons. The molecule has 3 nitrogen and oxygen atoms in total. The molecule has 1 saturated heterocycles. The van der Waals surface area contributed by atoms with Crippen molar-refractivity contribution in [2.24, 2.45) is 5.92 Å². The van der Waals surface area contributed by atoms with Gasteiger partial charge in [0, 0.05) is 18.8 Å². The number of amides is 1. The van der Waals surface area contributed by atoms with Gasteiger partial charge in [0.15, 0.2) is 0 Å². The Morgan fingerprint density at radius 1 is 1.29 bits per heavy atom. The van der Waals surface area contributed by atoms with Crippen LogP contribution in [-0.2, 0) is 4.79 Å². The SMILES string of the molecule is CC(C)C1NCCN(c2ccccc2)C1=O.Cl. The first-order chi connectivity index (χ1) is 7.70. The summed E-state index contributed by atoms with van der Waals surface area (Å²) in [5, 5.41) is 3.28. The molecule has 1 aromatic rings. The van der Waals surface area contributed by atoms with Gasteiger partial charge in [-0.1, -0.05) is 32.0 Å². The van der Waals surface area contributed by atoms with Crippen molar-refractivity contribution >= 4 is 24.0 Å². The maximum atomic E-state index is 12.2. The van der Waals surface area contributed by atoms with Crippen molar-refractivity contribution in [2.45, 2.75) is 19.9 Å². The number of hydrogen-bond acceptors (Lipinski definition) is 2. The number of rotatable bonds is 2. The lowest BCUT2D eigenvalue weighted by atomic mass is 10.0. The maximum absolute atomic E-state index is 12.2. The van der Waals surface area contributed by atoms with E-state index in [2.05, 4.69) is 19.2 Å². The predicted molar refractivity (Wildman–Crippen MR) is 72.7 cm³/mol. The molecule has 1 fully saturated rings. The number of halogens is 1. The molecule has 0 radical (unpaired) electrons. The van der Waals surface area contributed by atoms with Crippen LogP contribution in [0.15, 0.2) is 30.3 Å². The normalized spacial score (nSPS) is 20.3. The summed E-state index contributed by atoms with van der Waals surface area (Å²) < 4.78 is 0.